The van der Waals surface area contributed by atoms with E-state index in [9.17, 15) is 14.4 Å². The molecule has 126 valence electrons. The van der Waals surface area contributed by atoms with E-state index in [4.69, 9.17) is 9.47 Å². The number of rotatable bonds is 5. The van der Waals surface area contributed by atoms with Gasteiger partial charge in [0.05, 0.1) is 18.7 Å². The molecule has 1 N–H and O–H groups in total. The molecule has 1 saturated heterocycles. The van der Waals surface area contributed by atoms with E-state index in [-0.39, 0.29) is 12.1 Å². The maximum absolute atomic E-state index is 12.4. The topological polar surface area (TPSA) is 84.9 Å². The molecule has 0 aromatic heterocycles. The number of carbonyl (C=O) groups excluding carboxylic acids is 3. The Balaban J connectivity index is 2.47. The third-order valence-electron chi connectivity index (χ3n) is 3.26. The van der Waals surface area contributed by atoms with Crippen LogP contribution in [0.25, 0.3) is 6.08 Å². The summed E-state index contributed by atoms with van der Waals surface area (Å²) < 4.78 is 11.0. The molecule has 24 heavy (non-hydrogen) atoms. The highest BCUT2D eigenvalue weighted by Gasteiger charge is 2.34. The molecular weight excluding hydrogens is 380 g/mol. The molecule has 1 aliphatic rings. The third kappa shape index (κ3) is 3.33. The number of amides is 4. The molecule has 0 bridgehead atoms. The molecule has 0 atom stereocenters. The summed E-state index contributed by atoms with van der Waals surface area (Å²) in [7, 11) is 2.97. The van der Waals surface area contributed by atoms with Crippen molar-refractivity contribution in [1.82, 2.24) is 10.2 Å². The van der Waals surface area contributed by atoms with Crippen LogP contribution in [-0.4, -0.2) is 43.5 Å². The molecule has 0 radical (unpaired) electrons. The summed E-state index contributed by atoms with van der Waals surface area (Å²) >= 11 is 3.34. The SMILES string of the molecule is C=CCN1C(=O)NC(=O)/C(=C/c2cc(Br)c(OC)c(OC)c2)C1=O. The zero-order chi connectivity index (χ0) is 17.9. The lowest BCUT2D eigenvalue weighted by molar-refractivity contribution is -0.129. The van der Waals surface area contributed by atoms with Gasteiger partial charge >= 0.3 is 6.03 Å². The molecule has 0 unspecified atom stereocenters. The van der Waals surface area contributed by atoms with E-state index >= 15 is 0 Å². The highest BCUT2D eigenvalue weighted by atomic mass is 79.9. The van der Waals surface area contributed by atoms with Crippen molar-refractivity contribution in [2.24, 2.45) is 0 Å². The van der Waals surface area contributed by atoms with Crippen molar-refractivity contribution in [3.05, 3.63) is 40.4 Å². The van der Waals surface area contributed by atoms with Crippen molar-refractivity contribution in [1.29, 1.82) is 0 Å². The van der Waals surface area contributed by atoms with E-state index in [0.717, 1.165) is 4.90 Å². The molecule has 0 saturated carbocycles. The average molecular weight is 395 g/mol. The van der Waals surface area contributed by atoms with E-state index < -0.39 is 17.8 Å². The zero-order valence-electron chi connectivity index (χ0n) is 13.1. The molecular formula is C16H15BrN2O5. The van der Waals surface area contributed by atoms with Gasteiger partial charge in [0.1, 0.15) is 5.57 Å². The van der Waals surface area contributed by atoms with Crippen LogP contribution >= 0.6 is 15.9 Å². The standard InChI is InChI=1S/C16H15BrN2O5/c1-4-5-19-15(21)10(14(20)18-16(19)22)6-9-7-11(17)13(24-3)12(8-9)23-2/h4,6-8H,1,5H2,2-3H3,(H,18,20,22)/b10-6-. The Bertz CT molecular complexity index is 757. The first-order chi connectivity index (χ1) is 11.4. The summed E-state index contributed by atoms with van der Waals surface area (Å²) in [4.78, 5) is 36.9. The van der Waals surface area contributed by atoms with E-state index in [2.05, 4.69) is 27.8 Å². The van der Waals surface area contributed by atoms with Crippen molar-refractivity contribution in [2.75, 3.05) is 20.8 Å². The first-order valence-corrected chi connectivity index (χ1v) is 7.63. The Morgan fingerprint density at radius 2 is 1.96 bits per heavy atom. The summed E-state index contributed by atoms with van der Waals surface area (Å²) in [5.41, 5.74) is 0.376. The quantitative estimate of drug-likeness (QED) is 0.469. The van der Waals surface area contributed by atoms with Crippen LogP contribution in [0, 0.1) is 0 Å². The van der Waals surface area contributed by atoms with Crippen LogP contribution in [-0.2, 0) is 9.59 Å². The van der Waals surface area contributed by atoms with Gasteiger partial charge in [-0.05, 0) is 39.7 Å². The fourth-order valence-electron chi connectivity index (χ4n) is 2.18. The van der Waals surface area contributed by atoms with Crippen molar-refractivity contribution >= 4 is 39.9 Å². The second-order valence-corrected chi connectivity index (χ2v) is 5.61. The first kappa shape index (κ1) is 17.7. The number of halogens is 1. The summed E-state index contributed by atoms with van der Waals surface area (Å²) in [6.07, 6.45) is 2.78. The maximum Gasteiger partial charge on any atom is 0.331 e. The van der Waals surface area contributed by atoms with Gasteiger partial charge in [0.25, 0.3) is 11.8 Å². The van der Waals surface area contributed by atoms with Gasteiger partial charge in [0, 0.05) is 6.54 Å². The fraction of sp³-hybridized carbons (Fsp3) is 0.188. The summed E-state index contributed by atoms with van der Waals surface area (Å²) in [5, 5.41) is 2.12. The number of carbonyl (C=O) groups is 3. The van der Waals surface area contributed by atoms with Crippen LogP contribution in [0.1, 0.15) is 5.56 Å². The molecule has 0 aliphatic carbocycles. The number of nitrogens with one attached hydrogen (secondary N) is 1. The number of urea groups is 1. The number of hydrogen-bond acceptors (Lipinski definition) is 5. The first-order valence-electron chi connectivity index (χ1n) is 6.84. The van der Waals surface area contributed by atoms with Crippen LogP contribution in [0.5, 0.6) is 11.5 Å². The lowest BCUT2D eigenvalue weighted by Gasteiger charge is -2.25. The highest BCUT2D eigenvalue weighted by molar-refractivity contribution is 9.10. The normalized spacial score (nSPS) is 16.2. The molecule has 2 rings (SSSR count). The summed E-state index contributed by atoms with van der Waals surface area (Å²) in [6, 6.07) is 2.52. The lowest BCUT2D eigenvalue weighted by Crippen LogP contribution is -2.54. The van der Waals surface area contributed by atoms with Gasteiger partial charge in [-0.3, -0.25) is 19.8 Å². The van der Waals surface area contributed by atoms with E-state index in [1.54, 1.807) is 12.1 Å². The third-order valence-corrected chi connectivity index (χ3v) is 3.85. The Morgan fingerprint density at radius 1 is 1.25 bits per heavy atom. The van der Waals surface area contributed by atoms with Gasteiger partial charge in [-0.15, -0.1) is 6.58 Å². The smallest absolute Gasteiger partial charge is 0.331 e. The van der Waals surface area contributed by atoms with Gasteiger partial charge < -0.3 is 9.47 Å². The fourth-order valence-corrected chi connectivity index (χ4v) is 2.80. The van der Waals surface area contributed by atoms with Gasteiger partial charge in [0.2, 0.25) is 0 Å². The Morgan fingerprint density at radius 3 is 2.54 bits per heavy atom. The van der Waals surface area contributed by atoms with Gasteiger partial charge in [-0.2, -0.15) is 0 Å². The molecule has 7 nitrogen and oxygen atoms in total. The minimum absolute atomic E-state index is 0.00488. The molecule has 1 aliphatic heterocycles. The van der Waals surface area contributed by atoms with E-state index in [1.807, 2.05) is 0 Å². The lowest BCUT2D eigenvalue weighted by atomic mass is 10.1. The number of methoxy groups -OCH3 is 2. The number of nitrogens with zero attached hydrogens (tertiary/aromatic N) is 1. The number of hydrogen-bond donors (Lipinski definition) is 1. The van der Waals surface area contributed by atoms with Crippen molar-refractivity contribution < 1.29 is 23.9 Å². The van der Waals surface area contributed by atoms with Crippen LogP contribution in [0.4, 0.5) is 4.79 Å². The predicted octanol–water partition coefficient (Wildman–Crippen LogP) is 2.11. The summed E-state index contributed by atoms with van der Waals surface area (Å²) in [5.74, 6) is -0.519. The molecule has 4 amide bonds. The Labute approximate surface area is 147 Å². The average Bonchev–Trinajstić information content (AvgIpc) is 2.54. The predicted molar refractivity (Wildman–Crippen MR) is 90.7 cm³/mol. The second kappa shape index (κ2) is 7.31. The van der Waals surface area contributed by atoms with Crippen LogP contribution in [0.15, 0.2) is 34.8 Å². The number of ether oxygens (including phenoxy) is 2. The minimum Gasteiger partial charge on any atom is -0.493 e. The molecule has 8 heteroatoms. The van der Waals surface area contributed by atoms with Crippen LogP contribution < -0.4 is 14.8 Å². The largest absolute Gasteiger partial charge is 0.493 e. The molecule has 1 aromatic rings. The Kier molecular flexibility index (Phi) is 5.40. The molecule has 0 spiro atoms. The van der Waals surface area contributed by atoms with Crippen LogP contribution in [0.2, 0.25) is 0 Å². The Hall–Kier alpha value is -2.61. The van der Waals surface area contributed by atoms with Gasteiger partial charge in [-0.25, -0.2) is 4.79 Å². The van der Waals surface area contributed by atoms with Crippen molar-refractivity contribution in [2.45, 2.75) is 0 Å². The van der Waals surface area contributed by atoms with Gasteiger partial charge in [0.15, 0.2) is 11.5 Å². The van der Waals surface area contributed by atoms with Crippen molar-refractivity contribution in [3.8, 4) is 11.5 Å². The number of imide groups is 2. The summed E-state index contributed by atoms with van der Waals surface area (Å²) in [6.45, 7) is 3.50. The van der Waals surface area contributed by atoms with Crippen molar-refractivity contribution in [3.63, 3.8) is 0 Å². The van der Waals surface area contributed by atoms with Gasteiger partial charge in [-0.1, -0.05) is 6.08 Å². The second-order valence-electron chi connectivity index (χ2n) is 4.76. The highest BCUT2D eigenvalue weighted by Crippen LogP contribution is 2.37. The zero-order valence-corrected chi connectivity index (χ0v) is 14.7. The maximum atomic E-state index is 12.4. The number of benzene rings is 1. The molecule has 1 aromatic carbocycles. The number of barbiturate groups is 1. The molecule has 1 fully saturated rings. The minimum atomic E-state index is -0.768. The van der Waals surface area contributed by atoms with E-state index in [1.165, 1.54) is 26.4 Å². The van der Waals surface area contributed by atoms with Crippen LogP contribution in [0.3, 0.4) is 0 Å². The monoisotopic (exact) mass is 394 g/mol. The molecule has 1 heterocycles. The van der Waals surface area contributed by atoms with E-state index in [0.29, 0.717) is 21.5 Å².